The van der Waals surface area contributed by atoms with Gasteiger partial charge in [0.2, 0.25) is 0 Å². The van der Waals surface area contributed by atoms with Gasteiger partial charge in [-0.1, -0.05) is 0 Å². The van der Waals surface area contributed by atoms with Crippen LogP contribution in [-0.4, -0.2) is 70.5 Å². The summed E-state index contributed by atoms with van der Waals surface area (Å²) in [5.74, 6) is 0.284. The van der Waals surface area contributed by atoms with Crippen molar-refractivity contribution in [2.75, 3.05) is 26.2 Å². The first kappa shape index (κ1) is 16.9. The Morgan fingerprint density at radius 2 is 1.95 bits per heavy atom. The quantitative estimate of drug-likeness (QED) is 0.797. The molecule has 1 atom stereocenters. The number of hydrogen-bond donors (Lipinski definition) is 1. The van der Waals surface area contributed by atoms with Crippen molar-refractivity contribution >= 4 is 15.9 Å². The van der Waals surface area contributed by atoms with Gasteiger partial charge in [0.1, 0.15) is 11.9 Å². The second-order valence-corrected chi connectivity index (χ2v) is 7.20. The Morgan fingerprint density at radius 1 is 1.36 bits per heavy atom. The second kappa shape index (κ2) is 6.35. The van der Waals surface area contributed by atoms with Crippen molar-refractivity contribution < 1.29 is 18.3 Å². The minimum atomic E-state index is -3.64. The van der Waals surface area contributed by atoms with Crippen molar-refractivity contribution in [2.24, 2.45) is 0 Å². The summed E-state index contributed by atoms with van der Waals surface area (Å²) in [7, 11) is -3.64. The lowest BCUT2D eigenvalue weighted by Gasteiger charge is -2.34. The Hall–Kier alpha value is -1.45. The second-order valence-electron chi connectivity index (χ2n) is 5.32. The van der Waals surface area contributed by atoms with Crippen LogP contribution in [0.4, 0.5) is 0 Å². The van der Waals surface area contributed by atoms with Crippen molar-refractivity contribution in [1.29, 1.82) is 0 Å². The van der Waals surface area contributed by atoms with Gasteiger partial charge in [-0.05, 0) is 20.8 Å². The van der Waals surface area contributed by atoms with E-state index in [2.05, 4.69) is 4.98 Å². The standard InChI is InChI=1S/C13H22N4O4S/c1-4-15-9-12(14-11(15)3)22(20,21)17-7-5-16(6-8-17)13(19)10(2)18/h9-10,18H,4-8H2,1-3H3. The van der Waals surface area contributed by atoms with Crippen molar-refractivity contribution in [1.82, 2.24) is 18.8 Å². The molecule has 2 rings (SSSR count). The number of hydrogen-bond acceptors (Lipinski definition) is 5. The molecule has 1 aliphatic heterocycles. The number of aliphatic hydroxyl groups is 1. The van der Waals surface area contributed by atoms with Crippen molar-refractivity contribution in [3.63, 3.8) is 0 Å². The van der Waals surface area contributed by atoms with E-state index in [9.17, 15) is 18.3 Å². The van der Waals surface area contributed by atoms with Crippen LogP contribution < -0.4 is 0 Å². The molecule has 1 fully saturated rings. The molecule has 22 heavy (non-hydrogen) atoms. The molecule has 1 saturated heterocycles. The molecule has 9 heteroatoms. The maximum Gasteiger partial charge on any atom is 0.262 e. The molecule has 0 aliphatic carbocycles. The smallest absolute Gasteiger partial charge is 0.262 e. The number of aliphatic hydroxyl groups excluding tert-OH is 1. The molecule has 1 unspecified atom stereocenters. The predicted octanol–water partition coefficient (Wildman–Crippen LogP) is -0.575. The zero-order valence-corrected chi connectivity index (χ0v) is 13.9. The van der Waals surface area contributed by atoms with Gasteiger partial charge in [-0.25, -0.2) is 13.4 Å². The normalized spacial score (nSPS) is 18.5. The van der Waals surface area contributed by atoms with E-state index in [0.717, 1.165) is 0 Å². The van der Waals surface area contributed by atoms with Gasteiger partial charge in [-0.15, -0.1) is 0 Å². The van der Waals surface area contributed by atoms with Gasteiger partial charge >= 0.3 is 0 Å². The average Bonchev–Trinajstić information content (AvgIpc) is 2.88. The number of aromatic nitrogens is 2. The van der Waals surface area contributed by atoms with Gasteiger partial charge in [0.25, 0.3) is 15.9 Å². The Balaban J connectivity index is 2.11. The molecule has 0 spiro atoms. The van der Waals surface area contributed by atoms with Crippen molar-refractivity contribution in [3.8, 4) is 0 Å². The van der Waals surface area contributed by atoms with E-state index >= 15 is 0 Å². The number of piperazine rings is 1. The maximum absolute atomic E-state index is 12.6. The number of imidazole rings is 1. The number of nitrogens with zero attached hydrogens (tertiary/aromatic N) is 4. The van der Waals surface area contributed by atoms with Gasteiger partial charge in [-0.2, -0.15) is 4.31 Å². The summed E-state index contributed by atoms with van der Waals surface area (Å²) < 4.78 is 28.3. The van der Waals surface area contributed by atoms with Gasteiger partial charge in [0.05, 0.1) is 0 Å². The third kappa shape index (κ3) is 3.16. The highest BCUT2D eigenvalue weighted by Gasteiger charge is 2.32. The van der Waals surface area contributed by atoms with E-state index in [4.69, 9.17) is 0 Å². The minimum absolute atomic E-state index is 0.0437. The predicted molar refractivity (Wildman–Crippen MR) is 79.7 cm³/mol. The summed E-state index contributed by atoms with van der Waals surface area (Å²) in [4.78, 5) is 17.3. The highest BCUT2D eigenvalue weighted by atomic mass is 32.2. The van der Waals surface area contributed by atoms with Gasteiger partial charge in [0, 0.05) is 38.9 Å². The minimum Gasteiger partial charge on any atom is -0.384 e. The molecule has 0 radical (unpaired) electrons. The van der Waals surface area contributed by atoms with Crippen LogP contribution in [0.2, 0.25) is 0 Å². The highest BCUT2D eigenvalue weighted by Crippen LogP contribution is 2.17. The first-order valence-corrected chi connectivity index (χ1v) is 8.72. The third-order valence-corrected chi connectivity index (χ3v) is 5.58. The number of rotatable bonds is 4. The molecular formula is C13H22N4O4S. The van der Waals surface area contributed by atoms with Crippen LogP contribution in [0.25, 0.3) is 0 Å². The van der Waals surface area contributed by atoms with Crippen LogP contribution in [0.1, 0.15) is 19.7 Å². The summed E-state index contributed by atoms with van der Waals surface area (Å²) in [6, 6.07) is 0. The van der Waals surface area contributed by atoms with Crippen LogP contribution in [0.3, 0.4) is 0 Å². The van der Waals surface area contributed by atoms with Crippen LogP contribution in [0, 0.1) is 6.92 Å². The van der Waals surface area contributed by atoms with Crippen LogP contribution in [0.15, 0.2) is 11.2 Å². The number of sulfonamides is 1. The van der Waals surface area contributed by atoms with Gasteiger partial charge < -0.3 is 14.6 Å². The molecule has 124 valence electrons. The van der Waals surface area contributed by atoms with Gasteiger partial charge in [-0.3, -0.25) is 4.79 Å². The summed E-state index contributed by atoms with van der Waals surface area (Å²) in [6.07, 6.45) is 0.476. The summed E-state index contributed by atoms with van der Waals surface area (Å²) >= 11 is 0. The molecule has 1 aromatic rings. The van der Waals surface area contributed by atoms with Crippen LogP contribution in [-0.2, 0) is 21.4 Å². The maximum atomic E-state index is 12.6. The van der Waals surface area contributed by atoms with E-state index in [1.165, 1.54) is 22.3 Å². The van der Waals surface area contributed by atoms with Crippen LogP contribution in [0.5, 0.6) is 0 Å². The summed E-state index contributed by atoms with van der Waals surface area (Å²) in [5, 5.41) is 9.35. The number of amides is 1. The summed E-state index contributed by atoms with van der Waals surface area (Å²) in [5.41, 5.74) is 0. The Kier molecular flexibility index (Phi) is 4.88. The van der Waals surface area contributed by atoms with E-state index in [-0.39, 0.29) is 37.1 Å². The Labute approximate surface area is 130 Å². The lowest BCUT2D eigenvalue weighted by molar-refractivity contribution is -0.140. The first-order chi connectivity index (χ1) is 10.3. The SMILES string of the molecule is CCn1cc(S(=O)(=O)N2CCN(C(=O)C(C)O)CC2)nc1C. The van der Waals surface area contributed by atoms with Gasteiger partial charge in [0.15, 0.2) is 5.03 Å². The topological polar surface area (TPSA) is 95.7 Å². The molecule has 1 aliphatic rings. The molecule has 1 aromatic heterocycles. The van der Waals surface area contributed by atoms with E-state index in [1.807, 2.05) is 6.92 Å². The van der Waals surface area contributed by atoms with E-state index in [1.54, 1.807) is 11.5 Å². The van der Waals surface area contributed by atoms with E-state index in [0.29, 0.717) is 12.4 Å². The molecule has 1 amide bonds. The zero-order chi connectivity index (χ0) is 16.5. The number of aryl methyl sites for hydroxylation is 2. The number of carbonyl (C=O) groups excluding carboxylic acids is 1. The first-order valence-electron chi connectivity index (χ1n) is 7.28. The number of carbonyl (C=O) groups is 1. The zero-order valence-electron chi connectivity index (χ0n) is 13.1. The molecule has 0 aromatic carbocycles. The molecule has 8 nitrogen and oxygen atoms in total. The fourth-order valence-corrected chi connectivity index (χ4v) is 3.89. The largest absolute Gasteiger partial charge is 0.384 e. The molecule has 2 heterocycles. The van der Waals surface area contributed by atoms with E-state index < -0.39 is 16.1 Å². The Morgan fingerprint density at radius 3 is 2.41 bits per heavy atom. The van der Waals surface area contributed by atoms with Crippen molar-refractivity contribution in [3.05, 3.63) is 12.0 Å². The van der Waals surface area contributed by atoms with Crippen molar-refractivity contribution in [2.45, 2.75) is 38.4 Å². The molecular weight excluding hydrogens is 308 g/mol. The fraction of sp³-hybridized carbons (Fsp3) is 0.692. The Bertz CT molecular complexity index is 645. The summed E-state index contributed by atoms with van der Waals surface area (Å²) in [6.45, 7) is 6.72. The molecule has 0 bridgehead atoms. The fourth-order valence-electron chi connectivity index (χ4n) is 2.47. The highest BCUT2D eigenvalue weighted by molar-refractivity contribution is 7.89. The average molecular weight is 330 g/mol. The van der Waals surface area contributed by atoms with Crippen LogP contribution >= 0.6 is 0 Å². The monoisotopic (exact) mass is 330 g/mol. The molecule has 1 N–H and O–H groups in total. The third-order valence-electron chi connectivity index (χ3n) is 3.81. The lowest BCUT2D eigenvalue weighted by Crippen LogP contribution is -2.52. The molecule has 0 saturated carbocycles. The lowest BCUT2D eigenvalue weighted by atomic mass is 10.3.